The maximum atomic E-state index is 12.1. The fraction of sp³-hybridized carbons (Fsp3) is 0.833. The summed E-state index contributed by atoms with van der Waals surface area (Å²) in [6.07, 6.45) is 2.59. The molecule has 1 saturated carbocycles. The molecule has 2 N–H and O–H groups in total. The zero-order valence-corrected chi connectivity index (χ0v) is 18.8. The number of carbonyl (C=O) groups is 2. The first-order chi connectivity index (χ1) is 12.2. The van der Waals surface area contributed by atoms with Gasteiger partial charge in [0.25, 0.3) is 0 Å². The molecule has 8 nitrogen and oxygen atoms in total. The largest absolute Gasteiger partial charge is 0.444 e. The molecule has 0 spiro atoms. The number of guanidine groups is 1. The van der Waals surface area contributed by atoms with Crippen LogP contribution in [-0.4, -0.2) is 83.6 Å². The zero-order chi connectivity index (χ0) is 18.9. The van der Waals surface area contributed by atoms with E-state index in [1.54, 1.807) is 4.90 Å². The lowest BCUT2D eigenvalue weighted by Gasteiger charge is -2.36. The van der Waals surface area contributed by atoms with Crippen LogP contribution in [0.1, 0.15) is 40.0 Å². The quantitative estimate of drug-likeness (QED) is 0.366. The number of likely N-dealkylation sites (tertiary alicyclic amines) is 1. The van der Waals surface area contributed by atoms with E-state index in [0.717, 1.165) is 19.4 Å². The summed E-state index contributed by atoms with van der Waals surface area (Å²) in [6.45, 7) is 9.43. The molecular weight excluding hydrogens is 461 g/mol. The third-order valence-electron chi connectivity index (χ3n) is 4.99. The van der Waals surface area contributed by atoms with Gasteiger partial charge in [-0.3, -0.25) is 9.79 Å². The van der Waals surface area contributed by atoms with Gasteiger partial charge < -0.3 is 25.2 Å². The van der Waals surface area contributed by atoms with E-state index in [0.29, 0.717) is 51.1 Å². The normalized spacial score (nSPS) is 24.1. The van der Waals surface area contributed by atoms with Gasteiger partial charge in [0.15, 0.2) is 5.96 Å². The predicted molar refractivity (Wildman–Crippen MR) is 114 cm³/mol. The lowest BCUT2D eigenvalue weighted by atomic mass is 10.1. The SMILES string of the molecule is CC(C)(C)OC(=O)N1CCN(C(N)=NCC2CC(=O)N(C3CC3)C2)CC1.I. The fourth-order valence-electron chi connectivity index (χ4n) is 3.44. The first kappa shape index (κ1) is 22.0. The van der Waals surface area contributed by atoms with Crippen molar-refractivity contribution in [1.82, 2.24) is 14.7 Å². The molecule has 3 fully saturated rings. The number of carbonyl (C=O) groups excluding carboxylic acids is 2. The van der Waals surface area contributed by atoms with Crippen molar-refractivity contribution in [3.8, 4) is 0 Å². The Kier molecular flexibility index (Phi) is 7.20. The van der Waals surface area contributed by atoms with Gasteiger partial charge in [-0.15, -0.1) is 24.0 Å². The van der Waals surface area contributed by atoms with Crippen LogP contribution in [0, 0.1) is 5.92 Å². The Morgan fingerprint density at radius 1 is 1.19 bits per heavy atom. The minimum Gasteiger partial charge on any atom is -0.444 e. The molecule has 3 rings (SSSR count). The van der Waals surface area contributed by atoms with E-state index in [4.69, 9.17) is 10.5 Å². The van der Waals surface area contributed by atoms with E-state index in [-0.39, 0.29) is 41.9 Å². The van der Waals surface area contributed by atoms with Crippen LogP contribution in [0.25, 0.3) is 0 Å². The van der Waals surface area contributed by atoms with Crippen molar-refractivity contribution in [3.05, 3.63) is 0 Å². The van der Waals surface area contributed by atoms with E-state index in [1.165, 1.54) is 0 Å². The number of amides is 2. The van der Waals surface area contributed by atoms with Crippen LogP contribution in [-0.2, 0) is 9.53 Å². The van der Waals surface area contributed by atoms with Crippen molar-refractivity contribution < 1.29 is 14.3 Å². The number of nitrogens with zero attached hydrogens (tertiary/aromatic N) is 4. The highest BCUT2D eigenvalue weighted by Crippen LogP contribution is 2.32. The maximum absolute atomic E-state index is 12.1. The third-order valence-corrected chi connectivity index (χ3v) is 4.99. The van der Waals surface area contributed by atoms with Gasteiger partial charge in [0.2, 0.25) is 5.91 Å². The summed E-state index contributed by atoms with van der Waals surface area (Å²) >= 11 is 0. The summed E-state index contributed by atoms with van der Waals surface area (Å²) in [6, 6.07) is 0.481. The number of ether oxygens (including phenoxy) is 1. The summed E-state index contributed by atoms with van der Waals surface area (Å²) in [5.74, 6) is 1.04. The highest BCUT2D eigenvalue weighted by atomic mass is 127. The second-order valence-corrected chi connectivity index (χ2v) is 8.50. The number of hydrogen-bond donors (Lipinski definition) is 1. The summed E-state index contributed by atoms with van der Waals surface area (Å²) in [4.78, 5) is 34.3. The number of halogens is 1. The van der Waals surface area contributed by atoms with Crippen molar-refractivity contribution in [2.24, 2.45) is 16.6 Å². The average Bonchev–Trinajstić information content (AvgIpc) is 3.34. The molecule has 0 radical (unpaired) electrons. The zero-order valence-electron chi connectivity index (χ0n) is 16.5. The van der Waals surface area contributed by atoms with Gasteiger partial charge in [0.05, 0.1) is 0 Å². The van der Waals surface area contributed by atoms with E-state index in [9.17, 15) is 9.59 Å². The highest BCUT2D eigenvalue weighted by molar-refractivity contribution is 14.0. The molecule has 0 bridgehead atoms. The second kappa shape index (κ2) is 8.83. The van der Waals surface area contributed by atoms with E-state index < -0.39 is 5.60 Å². The molecule has 0 aromatic heterocycles. The minimum absolute atomic E-state index is 0. The summed E-state index contributed by atoms with van der Waals surface area (Å²) < 4.78 is 5.40. The van der Waals surface area contributed by atoms with Crippen molar-refractivity contribution in [2.45, 2.75) is 51.7 Å². The van der Waals surface area contributed by atoms with Gasteiger partial charge in [-0.1, -0.05) is 0 Å². The van der Waals surface area contributed by atoms with Crippen LogP contribution < -0.4 is 5.73 Å². The molecular formula is C18H32IN5O3. The van der Waals surface area contributed by atoms with Crippen molar-refractivity contribution >= 4 is 41.9 Å². The van der Waals surface area contributed by atoms with Gasteiger partial charge in [-0.25, -0.2) is 4.79 Å². The molecule has 9 heteroatoms. The second-order valence-electron chi connectivity index (χ2n) is 8.50. The number of piperazine rings is 1. The molecule has 27 heavy (non-hydrogen) atoms. The smallest absolute Gasteiger partial charge is 0.410 e. The molecule has 2 aliphatic heterocycles. The summed E-state index contributed by atoms with van der Waals surface area (Å²) in [5, 5.41) is 0. The van der Waals surface area contributed by atoms with E-state index >= 15 is 0 Å². The first-order valence-electron chi connectivity index (χ1n) is 9.55. The Hall–Kier alpha value is -1.26. The maximum Gasteiger partial charge on any atom is 0.410 e. The molecule has 1 atom stereocenters. The lowest BCUT2D eigenvalue weighted by molar-refractivity contribution is -0.128. The predicted octanol–water partition coefficient (Wildman–Crippen LogP) is 1.48. The fourth-order valence-corrected chi connectivity index (χ4v) is 3.44. The molecule has 2 heterocycles. The van der Waals surface area contributed by atoms with Crippen LogP contribution in [0.2, 0.25) is 0 Å². The van der Waals surface area contributed by atoms with Crippen LogP contribution in [0.3, 0.4) is 0 Å². The van der Waals surface area contributed by atoms with Crippen LogP contribution in [0.4, 0.5) is 4.79 Å². The Morgan fingerprint density at radius 2 is 1.78 bits per heavy atom. The molecule has 0 aromatic carbocycles. The summed E-state index contributed by atoms with van der Waals surface area (Å²) in [7, 11) is 0. The van der Waals surface area contributed by atoms with Crippen molar-refractivity contribution in [2.75, 3.05) is 39.3 Å². The number of nitrogens with two attached hydrogens (primary N) is 1. The Morgan fingerprint density at radius 3 is 2.33 bits per heavy atom. The van der Waals surface area contributed by atoms with Crippen molar-refractivity contribution in [3.63, 3.8) is 0 Å². The van der Waals surface area contributed by atoms with Crippen LogP contribution in [0.5, 0.6) is 0 Å². The Labute approximate surface area is 178 Å². The van der Waals surface area contributed by atoms with Gasteiger partial charge in [-0.2, -0.15) is 0 Å². The number of rotatable bonds is 3. The lowest BCUT2D eigenvalue weighted by Crippen LogP contribution is -2.53. The third kappa shape index (κ3) is 6.11. The molecule has 2 saturated heterocycles. The average molecular weight is 493 g/mol. The van der Waals surface area contributed by atoms with Crippen molar-refractivity contribution in [1.29, 1.82) is 0 Å². The first-order valence-corrected chi connectivity index (χ1v) is 9.55. The molecule has 1 unspecified atom stereocenters. The van der Waals surface area contributed by atoms with Crippen LogP contribution in [0.15, 0.2) is 4.99 Å². The standard InChI is InChI=1S/C18H31N5O3.HI/c1-18(2,3)26-17(25)22-8-6-21(7-9-22)16(19)20-11-13-10-15(24)23(12-13)14-4-5-14;/h13-14H,4-12H2,1-3H3,(H2,19,20);1H. The topological polar surface area (TPSA) is 91.5 Å². The van der Waals surface area contributed by atoms with Gasteiger partial charge in [0.1, 0.15) is 5.60 Å². The molecule has 3 aliphatic rings. The van der Waals surface area contributed by atoms with Gasteiger partial charge >= 0.3 is 6.09 Å². The van der Waals surface area contributed by atoms with Gasteiger partial charge in [-0.05, 0) is 33.6 Å². The molecule has 154 valence electrons. The summed E-state index contributed by atoms with van der Waals surface area (Å²) in [5.41, 5.74) is 5.65. The van der Waals surface area contributed by atoms with Gasteiger partial charge in [0, 0.05) is 57.6 Å². The molecule has 0 aromatic rings. The van der Waals surface area contributed by atoms with Crippen LogP contribution >= 0.6 is 24.0 Å². The minimum atomic E-state index is -0.484. The highest BCUT2D eigenvalue weighted by Gasteiger charge is 2.39. The molecule has 1 aliphatic carbocycles. The monoisotopic (exact) mass is 493 g/mol. The number of hydrogen-bond acceptors (Lipinski definition) is 4. The Balaban J connectivity index is 0.00000261. The number of aliphatic imine (C=N–C) groups is 1. The van der Waals surface area contributed by atoms with E-state index in [2.05, 4.69) is 4.99 Å². The van der Waals surface area contributed by atoms with E-state index in [1.807, 2.05) is 30.6 Å². The molecule has 2 amide bonds. The Bertz CT molecular complexity index is 580.